The maximum absolute atomic E-state index is 13.1. The standard InChI is InChI=1S/C22H19FN2O5S2/c1-13-10-15-11-17(32(24,28)29)6-7-18(15)25(13)21(26)12-30-22(27)20-9-8-19(31-20)14-2-4-16(23)5-3-14/h2-9,11,13H,10,12H2,1H3,(H2,24,28,29). The van der Waals surface area contributed by atoms with E-state index in [0.29, 0.717) is 22.5 Å². The van der Waals surface area contributed by atoms with Gasteiger partial charge in [0.25, 0.3) is 5.91 Å². The number of carbonyl (C=O) groups excluding carboxylic acids is 2. The number of benzene rings is 2. The molecule has 7 nitrogen and oxygen atoms in total. The molecule has 1 atom stereocenters. The molecule has 1 unspecified atom stereocenters. The minimum Gasteiger partial charge on any atom is -0.451 e. The lowest BCUT2D eigenvalue weighted by Crippen LogP contribution is -2.38. The van der Waals surface area contributed by atoms with Crippen molar-refractivity contribution >= 4 is 38.9 Å². The number of thiophene rings is 1. The van der Waals surface area contributed by atoms with E-state index in [1.165, 1.54) is 46.6 Å². The summed E-state index contributed by atoms with van der Waals surface area (Å²) in [4.78, 5) is 27.8. The normalized spacial score (nSPS) is 15.5. The van der Waals surface area contributed by atoms with Crippen LogP contribution in [0.25, 0.3) is 10.4 Å². The number of anilines is 1. The van der Waals surface area contributed by atoms with E-state index in [4.69, 9.17) is 9.88 Å². The third-order valence-corrected chi connectivity index (χ3v) is 7.15. The maximum atomic E-state index is 13.1. The monoisotopic (exact) mass is 474 g/mol. The molecule has 32 heavy (non-hydrogen) atoms. The highest BCUT2D eigenvalue weighted by Crippen LogP contribution is 2.34. The lowest BCUT2D eigenvalue weighted by molar-refractivity contribution is -0.122. The molecule has 1 aliphatic heterocycles. The number of nitrogens with zero attached hydrogens (tertiary/aromatic N) is 1. The number of halogens is 1. The summed E-state index contributed by atoms with van der Waals surface area (Å²) >= 11 is 1.19. The number of fused-ring (bicyclic) bond motifs is 1. The maximum Gasteiger partial charge on any atom is 0.348 e. The minimum absolute atomic E-state index is 0.0150. The average molecular weight is 475 g/mol. The van der Waals surface area contributed by atoms with Crippen LogP contribution < -0.4 is 10.0 Å². The van der Waals surface area contributed by atoms with Gasteiger partial charge in [-0.05, 0) is 66.9 Å². The van der Waals surface area contributed by atoms with Crippen LogP contribution in [0.15, 0.2) is 59.5 Å². The topological polar surface area (TPSA) is 107 Å². The number of ether oxygens (including phenoxy) is 1. The van der Waals surface area contributed by atoms with E-state index in [2.05, 4.69) is 0 Å². The van der Waals surface area contributed by atoms with Crippen LogP contribution in [0.4, 0.5) is 10.1 Å². The first-order valence-corrected chi connectivity index (χ1v) is 12.0. The van der Waals surface area contributed by atoms with Crippen LogP contribution >= 0.6 is 11.3 Å². The Morgan fingerprint density at radius 2 is 1.88 bits per heavy atom. The van der Waals surface area contributed by atoms with Gasteiger partial charge in [0.1, 0.15) is 10.7 Å². The lowest BCUT2D eigenvalue weighted by atomic mass is 10.1. The Hall–Kier alpha value is -3.08. The van der Waals surface area contributed by atoms with Crippen LogP contribution in [-0.4, -0.2) is 32.9 Å². The van der Waals surface area contributed by atoms with Crippen molar-refractivity contribution in [1.82, 2.24) is 0 Å². The Balaban J connectivity index is 1.43. The van der Waals surface area contributed by atoms with E-state index < -0.39 is 28.5 Å². The molecule has 1 aliphatic rings. The Kier molecular flexibility index (Phi) is 5.85. The average Bonchev–Trinajstić information content (AvgIpc) is 3.35. The van der Waals surface area contributed by atoms with Gasteiger partial charge in [-0.1, -0.05) is 12.1 Å². The van der Waals surface area contributed by atoms with Gasteiger partial charge < -0.3 is 9.64 Å². The van der Waals surface area contributed by atoms with Gasteiger partial charge in [-0.3, -0.25) is 4.79 Å². The lowest BCUT2D eigenvalue weighted by Gasteiger charge is -2.22. The number of rotatable bonds is 5. The summed E-state index contributed by atoms with van der Waals surface area (Å²) < 4.78 is 41.5. The molecular formula is C22H19FN2O5S2. The molecular weight excluding hydrogens is 455 g/mol. The zero-order chi connectivity index (χ0) is 23.0. The fourth-order valence-electron chi connectivity index (χ4n) is 3.65. The second-order valence-electron chi connectivity index (χ2n) is 7.40. The zero-order valence-electron chi connectivity index (χ0n) is 16.9. The third-order valence-electron chi connectivity index (χ3n) is 5.13. The van der Waals surface area contributed by atoms with Crippen LogP contribution in [-0.2, 0) is 26.0 Å². The SMILES string of the molecule is CC1Cc2cc(S(N)(=O)=O)ccc2N1C(=O)COC(=O)c1ccc(-c2ccc(F)cc2)s1. The molecule has 10 heteroatoms. The Bertz CT molecular complexity index is 1300. The number of carbonyl (C=O) groups is 2. The number of esters is 1. The van der Waals surface area contributed by atoms with Gasteiger partial charge in [0.05, 0.1) is 4.90 Å². The van der Waals surface area contributed by atoms with Crippen molar-refractivity contribution in [3.05, 3.63) is 70.9 Å². The van der Waals surface area contributed by atoms with Crippen molar-refractivity contribution < 1.29 is 27.1 Å². The van der Waals surface area contributed by atoms with E-state index in [1.807, 2.05) is 6.92 Å². The number of amides is 1. The van der Waals surface area contributed by atoms with Gasteiger partial charge >= 0.3 is 5.97 Å². The molecule has 0 saturated heterocycles. The van der Waals surface area contributed by atoms with E-state index in [9.17, 15) is 22.4 Å². The van der Waals surface area contributed by atoms with Crippen LogP contribution in [0.2, 0.25) is 0 Å². The van der Waals surface area contributed by atoms with Gasteiger partial charge in [0.2, 0.25) is 10.0 Å². The van der Waals surface area contributed by atoms with E-state index in [0.717, 1.165) is 10.4 Å². The van der Waals surface area contributed by atoms with Gasteiger partial charge in [-0.15, -0.1) is 11.3 Å². The summed E-state index contributed by atoms with van der Waals surface area (Å²) in [5.74, 6) is -1.39. The predicted octanol–water partition coefficient (Wildman–Crippen LogP) is 3.34. The largest absolute Gasteiger partial charge is 0.451 e. The van der Waals surface area contributed by atoms with Crippen LogP contribution in [0.3, 0.4) is 0 Å². The van der Waals surface area contributed by atoms with Gasteiger partial charge in [0.15, 0.2) is 6.61 Å². The fourth-order valence-corrected chi connectivity index (χ4v) is 5.12. The first kappa shape index (κ1) is 22.1. The van der Waals surface area contributed by atoms with Crippen molar-refractivity contribution in [3.63, 3.8) is 0 Å². The highest BCUT2D eigenvalue weighted by molar-refractivity contribution is 7.89. The van der Waals surface area contributed by atoms with Gasteiger partial charge in [-0.2, -0.15) is 0 Å². The molecule has 0 radical (unpaired) electrons. The summed E-state index contributed by atoms with van der Waals surface area (Å²) in [6, 6.07) is 13.4. The fraction of sp³-hybridized carbons (Fsp3) is 0.182. The third kappa shape index (κ3) is 4.43. The molecule has 0 bridgehead atoms. The van der Waals surface area contributed by atoms with E-state index >= 15 is 0 Å². The summed E-state index contributed by atoms with van der Waals surface area (Å²) in [5.41, 5.74) is 2.03. The van der Waals surface area contributed by atoms with Crippen molar-refractivity contribution in [2.45, 2.75) is 24.3 Å². The molecule has 2 aromatic carbocycles. The first-order valence-electron chi connectivity index (χ1n) is 9.64. The molecule has 4 rings (SSSR count). The number of hydrogen-bond donors (Lipinski definition) is 1. The molecule has 1 aromatic heterocycles. The summed E-state index contributed by atoms with van der Waals surface area (Å²) in [7, 11) is -3.84. The Labute approximate surface area is 188 Å². The zero-order valence-corrected chi connectivity index (χ0v) is 18.6. The molecule has 0 saturated carbocycles. The second kappa shape index (κ2) is 8.45. The predicted molar refractivity (Wildman–Crippen MR) is 118 cm³/mol. The van der Waals surface area contributed by atoms with Crippen molar-refractivity contribution in [2.75, 3.05) is 11.5 Å². The van der Waals surface area contributed by atoms with Crippen LogP contribution in [0, 0.1) is 5.82 Å². The highest BCUT2D eigenvalue weighted by Gasteiger charge is 2.32. The summed E-state index contributed by atoms with van der Waals surface area (Å²) in [5, 5.41) is 5.18. The molecule has 3 aromatic rings. The Morgan fingerprint density at radius 1 is 1.16 bits per heavy atom. The molecule has 0 aliphatic carbocycles. The number of hydrogen-bond acceptors (Lipinski definition) is 6. The molecule has 0 fully saturated rings. The number of sulfonamides is 1. The molecule has 166 valence electrons. The quantitative estimate of drug-likeness (QED) is 0.571. The van der Waals surface area contributed by atoms with E-state index in [-0.39, 0.29) is 16.8 Å². The van der Waals surface area contributed by atoms with Gasteiger partial charge in [-0.25, -0.2) is 22.7 Å². The second-order valence-corrected chi connectivity index (χ2v) is 10.0. The smallest absolute Gasteiger partial charge is 0.348 e. The van der Waals surface area contributed by atoms with E-state index in [1.54, 1.807) is 24.3 Å². The molecule has 2 heterocycles. The summed E-state index contributed by atoms with van der Waals surface area (Å²) in [6.45, 7) is 1.37. The summed E-state index contributed by atoms with van der Waals surface area (Å²) in [6.07, 6.45) is 0.463. The van der Waals surface area contributed by atoms with Crippen LogP contribution in [0.1, 0.15) is 22.2 Å². The van der Waals surface area contributed by atoms with Crippen molar-refractivity contribution in [2.24, 2.45) is 5.14 Å². The minimum atomic E-state index is -3.84. The number of primary sulfonamides is 1. The van der Waals surface area contributed by atoms with Crippen molar-refractivity contribution in [1.29, 1.82) is 0 Å². The number of nitrogens with two attached hydrogens (primary N) is 1. The van der Waals surface area contributed by atoms with Crippen LogP contribution in [0.5, 0.6) is 0 Å². The van der Waals surface area contributed by atoms with Crippen molar-refractivity contribution in [3.8, 4) is 10.4 Å². The van der Waals surface area contributed by atoms with Gasteiger partial charge in [0, 0.05) is 16.6 Å². The Morgan fingerprint density at radius 3 is 2.56 bits per heavy atom. The molecule has 2 N–H and O–H groups in total. The molecule has 0 spiro atoms. The first-order chi connectivity index (χ1) is 15.1. The highest BCUT2D eigenvalue weighted by atomic mass is 32.2. The molecule has 1 amide bonds.